The van der Waals surface area contributed by atoms with Crippen LogP contribution in [0.3, 0.4) is 0 Å². The number of nitrogens with one attached hydrogen (secondary N) is 1. The van der Waals surface area contributed by atoms with E-state index in [2.05, 4.69) is 9.72 Å². The number of thioether (sulfide) groups is 1. The average Bonchev–Trinajstić information content (AvgIpc) is 2.89. The molecule has 0 radical (unpaired) electrons. The lowest BCUT2D eigenvalue weighted by molar-refractivity contribution is -0.137. The number of hydrogen-bond donors (Lipinski definition) is 2. The molecule has 0 saturated carbocycles. The number of benzene rings is 1. The topological polar surface area (TPSA) is 96.5 Å². The maximum absolute atomic E-state index is 12.1. The van der Waals surface area contributed by atoms with E-state index >= 15 is 0 Å². The molecule has 2 aromatic rings. The Morgan fingerprint density at radius 3 is 2.60 bits per heavy atom. The molecular weight excluding hydrogens is 366 g/mol. The third-order valence-electron chi connectivity index (χ3n) is 3.46. The minimum Gasteiger partial charge on any atom is -0.477 e. The zero-order valence-electron chi connectivity index (χ0n) is 13.6. The van der Waals surface area contributed by atoms with E-state index in [-0.39, 0.29) is 18.0 Å². The minimum atomic E-state index is -1.20. The third-order valence-corrected chi connectivity index (χ3v) is 4.72. The van der Waals surface area contributed by atoms with Crippen LogP contribution in [0.1, 0.15) is 39.0 Å². The third kappa shape index (κ3) is 4.43. The molecule has 1 heterocycles. The van der Waals surface area contributed by atoms with Crippen molar-refractivity contribution < 1.29 is 24.2 Å². The second-order valence-corrected chi connectivity index (χ2v) is 6.56. The summed E-state index contributed by atoms with van der Waals surface area (Å²) in [5.41, 5.74) is 0.701. The van der Waals surface area contributed by atoms with Crippen molar-refractivity contribution in [2.75, 3.05) is 6.61 Å². The van der Waals surface area contributed by atoms with Gasteiger partial charge in [0, 0.05) is 15.7 Å². The lowest BCUT2D eigenvalue weighted by Crippen LogP contribution is -2.19. The van der Waals surface area contributed by atoms with Gasteiger partial charge in [0.25, 0.3) is 5.78 Å². The van der Waals surface area contributed by atoms with Gasteiger partial charge < -0.3 is 14.8 Å². The van der Waals surface area contributed by atoms with Crippen molar-refractivity contribution in [3.63, 3.8) is 0 Å². The fourth-order valence-corrected chi connectivity index (χ4v) is 3.55. The molecule has 0 fully saturated rings. The second kappa shape index (κ2) is 8.22. The average molecular weight is 382 g/mol. The Bertz CT molecular complexity index is 830. The number of carbonyl (C=O) groups is 3. The SMILES string of the molecule is CCOC(=O)C(=O)c1[nH]c(C(=O)O)c(CSc2cccc(Cl)c2)c1C. The first-order chi connectivity index (χ1) is 11.8. The van der Waals surface area contributed by atoms with Crippen LogP contribution in [0.2, 0.25) is 5.02 Å². The van der Waals surface area contributed by atoms with Gasteiger partial charge in [-0.15, -0.1) is 11.8 Å². The monoisotopic (exact) mass is 381 g/mol. The van der Waals surface area contributed by atoms with Gasteiger partial charge in [-0.3, -0.25) is 4.79 Å². The molecule has 0 atom stereocenters. The molecular formula is C17H16ClNO5S. The van der Waals surface area contributed by atoms with E-state index in [0.717, 1.165) is 4.90 Å². The van der Waals surface area contributed by atoms with E-state index in [1.807, 2.05) is 6.07 Å². The van der Waals surface area contributed by atoms with Crippen LogP contribution in [-0.4, -0.2) is 34.4 Å². The molecule has 0 aliphatic carbocycles. The van der Waals surface area contributed by atoms with Crippen LogP contribution < -0.4 is 0 Å². The molecule has 6 nitrogen and oxygen atoms in total. The number of ketones is 1. The number of rotatable bonds is 7. The van der Waals surface area contributed by atoms with Gasteiger partial charge in [-0.25, -0.2) is 9.59 Å². The van der Waals surface area contributed by atoms with Crippen molar-refractivity contribution in [3.05, 3.63) is 51.8 Å². The number of esters is 1. The molecule has 1 aromatic carbocycles. The Balaban J connectivity index is 2.32. The van der Waals surface area contributed by atoms with Crippen molar-refractivity contribution in [1.82, 2.24) is 4.98 Å². The van der Waals surface area contributed by atoms with Crippen LogP contribution in [0.15, 0.2) is 29.2 Å². The first-order valence-corrected chi connectivity index (χ1v) is 8.76. The molecule has 0 saturated heterocycles. The zero-order valence-corrected chi connectivity index (χ0v) is 15.2. The maximum atomic E-state index is 12.1. The molecule has 0 amide bonds. The van der Waals surface area contributed by atoms with E-state index in [1.165, 1.54) is 11.8 Å². The number of ether oxygens (including phenoxy) is 1. The number of aromatic nitrogens is 1. The molecule has 2 N–H and O–H groups in total. The van der Waals surface area contributed by atoms with Crippen molar-refractivity contribution >= 4 is 41.1 Å². The van der Waals surface area contributed by atoms with Gasteiger partial charge in [0.15, 0.2) is 0 Å². The van der Waals surface area contributed by atoms with Gasteiger partial charge >= 0.3 is 11.9 Å². The van der Waals surface area contributed by atoms with E-state index in [9.17, 15) is 19.5 Å². The fourth-order valence-electron chi connectivity index (χ4n) is 2.23. The van der Waals surface area contributed by atoms with Gasteiger partial charge in [-0.05, 0) is 43.2 Å². The van der Waals surface area contributed by atoms with Crippen LogP contribution in [0.5, 0.6) is 0 Å². The first-order valence-electron chi connectivity index (χ1n) is 7.39. The normalized spacial score (nSPS) is 10.5. The Kier molecular flexibility index (Phi) is 6.27. The van der Waals surface area contributed by atoms with Gasteiger partial charge in [0.05, 0.1) is 12.3 Å². The number of carboxylic acid groups (broad SMARTS) is 1. The highest BCUT2D eigenvalue weighted by atomic mass is 35.5. The molecule has 132 valence electrons. The largest absolute Gasteiger partial charge is 0.477 e. The minimum absolute atomic E-state index is 0.0578. The summed E-state index contributed by atoms with van der Waals surface area (Å²) in [6, 6.07) is 7.15. The molecule has 0 spiro atoms. The fraction of sp³-hybridized carbons (Fsp3) is 0.235. The highest BCUT2D eigenvalue weighted by molar-refractivity contribution is 7.98. The smallest absolute Gasteiger partial charge is 0.381 e. The summed E-state index contributed by atoms with van der Waals surface area (Å²) < 4.78 is 4.69. The van der Waals surface area contributed by atoms with Gasteiger partial charge in [0.1, 0.15) is 5.69 Å². The molecule has 1 aromatic heterocycles. The zero-order chi connectivity index (χ0) is 18.6. The van der Waals surface area contributed by atoms with Gasteiger partial charge in [-0.1, -0.05) is 17.7 Å². The van der Waals surface area contributed by atoms with E-state index in [4.69, 9.17) is 11.6 Å². The van der Waals surface area contributed by atoms with Crippen LogP contribution in [0.25, 0.3) is 0 Å². The Morgan fingerprint density at radius 1 is 1.28 bits per heavy atom. The van der Waals surface area contributed by atoms with Crippen LogP contribution in [0, 0.1) is 6.92 Å². The summed E-state index contributed by atoms with van der Waals surface area (Å²) in [4.78, 5) is 38.7. The van der Waals surface area contributed by atoms with E-state index in [1.54, 1.807) is 32.0 Å². The van der Waals surface area contributed by atoms with Crippen molar-refractivity contribution in [2.24, 2.45) is 0 Å². The summed E-state index contributed by atoms with van der Waals surface area (Å²) in [6.07, 6.45) is 0. The standard InChI is InChI=1S/C17H16ClNO5S/c1-3-24-17(23)15(20)13-9(2)12(14(19-13)16(21)22)8-25-11-6-4-5-10(18)7-11/h4-7,19H,3,8H2,1-2H3,(H,21,22). The highest BCUT2D eigenvalue weighted by Crippen LogP contribution is 2.29. The number of aromatic amines is 1. The predicted octanol–water partition coefficient (Wildman–Crippen LogP) is 3.71. The lowest BCUT2D eigenvalue weighted by Gasteiger charge is -2.04. The Labute approximate surface area is 153 Å². The molecule has 0 aliphatic rings. The Hall–Kier alpha value is -2.25. The lowest BCUT2D eigenvalue weighted by atomic mass is 10.1. The van der Waals surface area contributed by atoms with E-state index < -0.39 is 17.7 Å². The second-order valence-electron chi connectivity index (χ2n) is 5.08. The van der Waals surface area contributed by atoms with Crippen LogP contribution in [-0.2, 0) is 15.3 Å². The molecule has 2 rings (SSSR count). The maximum Gasteiger partial charge on any atom is 0.381 e. The molecule has 0 bridgehead atoms. The molecule has 8 heteroatoms. The van der Waals surface area contributed by atoms with Crippen LogP contribution >= 0.6 is 23.4 Å². The highest BCUT2D eigenvalue weighted by Gasteiger charge is 2.27. The summed E-state index contributed by atoms with van der Waals surface area (Å²) >= 11 is 7.32. The van der Waals surface area contributed by atoms with E-state index in [0.29, 0.717) is 21.9 Å². The van der Waals surface area contributed by atoms with Crippen molar-refractivity contribution in [1.29, 1.82) is 0 Å². The molecule has 0 aliphatic heterocycles. The molecule has 0 unspecified atom stereocenters. The van der Waals surface area contributed by atoms with Crippen LogP contribution in [0.4, 0.5) is 0 Å². The Morgan fingerprint density at radius 2 is 2.00 bits per heavy atom. The van der Waals surface area contributed by atoms with Gasteiger partial charge in [0.2, 0.25) is 0 Å². The number of aromatic carboxylic acids is 1. The summed E-state index contributed by atoms with van der Waals surface area (Å²) in [7, 11) is 0. The number of hydrogen-bond acceptors (Lipinski definition) is 5. The summed E-state index contributed by atoms with van der Waals surface area (Å²) in [5, 5.41) is 9.96. The predicted molar refractivity (Wildman–Crippen MR) is 94.5 cm³/mol. The quantitative estimate of drug-likeness (QED) is 0.328. The first kappa shape index (κ1) is 19.1. The molecule has 25 heavy (non-hydrogen) atoms. The number of H-pyrrole nitrogens is 1. The van der Waals surface area contributed by atoms with Gasteiger partial charge in [-0.2, -0.15) is 0 Å². The number of Topliss-reactive ketones (excluding diaryl/α,β-unsaturated/α-hetero) is 1. The van der Waals surface area contributed by atoms with Crippen molar-refractivity contribution in [3.8, 4) is 0 Å². The summed E-state index contributed by atoms with van der Waals surface area (Å²) in [6.45, 7) is 3.25. The number of halogens is 1. The van der Waals surface area contributed by atoms with Crippen molar-refractivity contribution in [2.45, 2.75) is 24.5 Å². The number of carboxylic acids is 1. The summed E-state index contributed by atoms with van der Waals surface area (Å²) in [5.74, 6) is -2.80. The number of carbonyl (C=O) groups excluding carboxylic acids is 2.